The SMILES string of the molecule is COP(=O)(OC)C(C(=O)OC(C)(C)C)N1C(=O)[C@H](N=[N+]=[N-])[C@H]1C#Cc1ccccc1. The van der Waals surface area contributed by atoms with Gasteiger partial charge in [-0.15, -0.1) is 0 Å². The summed E-state index contributed by atoms with van der Waals surface area (Å²) >= 11 is 0. The number of benzene rings is 1. The van der Waals surface area contributed by atoms with Crippen molar-refractivity contribution in [1.82, 2.24) is 4.90 Å². The summed E-state index contributed by atoms with van der Waals surface area (Å²) < 4.78 is 28.5. The largest absolute Gasteiger partial charge is 0.458 e. The summed E-state index contributed by atoms with van der Waals surface area (Å²) in [6, 6.07) is 6.68. The Morgan fingerprint density at radius 3 is 2.37 bits per heavy atom. The predicted octanol–water partition coefficient (Wildman–Crippen LogP) is 3.08. The van der Waals surface area contributed by atoms with Crippen molar-refractivity contribution in [2.45, 2.75) is 44.2 Å². The van der Waals surface area contributed by atoms with Gasteiger partial charge in [-0.1, -0.05) is 35.2 Å². The van der Waals surface area contributed by atoms with Crippen molar-refractivity contribution in [3.8, 4) is 11.8 Å². The number of rotatable bonds is 6. The van der Waals surface area contributed by atoms with E-state index in [1.54, 1.807) is 45.0 Å². The molecule has 0 aromatic heterocycles. The van der Waals surface area contributed by atoms with Crippen molar-refractivity contribution in [2.75, 3.05) is 14.2 Å². The first-order valence-corrected chi connectivity index (χ1v) is 10.6. The van der Waals surface area contributed by atoms with E-state index in [0.717, 1.165) is 19.1 Å². The van der Waals surface area contributed by atoms with E-state index in [2.05, 4.69) is 21.9 Å². The smallest absolute Gasteiger partial charge is 0.364 e. The van der Waals surface area contributed by atoms with Crippen molar-refractivity contribution in [2.24, 2.45) is 5.11 Å². The van der Waals surface area contributed by atoms with Crippen LogP contribution in [-0.2, 0) is 27.9 Å². The first-order chi connectivity index (χ1) is 14.1. The van der Waals surface area contributed by atoms with Gasteiger partial charge in [-0.3, -0.25) is 9.36 Å². The van der Waals surface area contributed by atoms with Crippen LogP contribution < -0.4 is 0 Å². The quantitative estimate of drug-likeness (QED) is 0.129. The Labute approximate surface area is 174 Å². The first kappa shape index (κ1) is 23.5. The number of azide groups is 1. The van der Waals surface area contributed by atoms with E-state index in [4.69, 9.17) is 19.3 Å². The van der Waals surface area contributed by atoms with Crippen LogP contribution in [0, 0.1) is 11.8 Å². The molecule has 2 rings (SSSR count). The van der Waals surface area contributed by atoms with Crippen LogP contribution in [0.1, 0.15) is 26.3 Å². The van der Waals surface area contributed by atoms with E-state index in [1.165, 1.54) is 0 Å². The Balaban J connectivity index is 2.52. The van der Waals surface area contributed by atoms with Crippen LogP contribution in [0.5, 0.6) is 0 Å². The van der Waals surface area contributed by atoms with Crippen LogP contribution in [0.25, 0.3) is 10.4 Å². The fourth-order valence-electron chi connectivity index (χ4n) is 2.79. The maximum absolute atomic E-state index is 13.2. The first-order valence-electron chi connectivity index (χ1n) is 8.95. The average Bonchev–Trinajstić information content (AvgIpc) is 2.70. The number of likely N-dealkylation sites (tertiary alicyclic amines) is 1. The standard InChI is InChI=1S/C19H23N4O6P/c1-19(2,3)29-18(25)17(30(26,27-4)28-5)23-14(15(16(23)24)21-22-20)12-11-13-9-7-6-8-10-13/h6-10,14-15,17H,1-5H3/t14-,15-,17?/m1/s1. The minimum atomic E-state index is -4.14. The zero-order valence-electron chi connectivity index (χ0n) is 17.3. The highest BCUT2D eigenvalue weighted by Gasteiger charge is 2.59. The third-order valence-corrected chi connectivity index (χ3v) is 6.19. The van der Waals surface area contributed by atoms with Crippen LogP contribution in [0.4, 0.5) is 0 Å². The molecule has 1 aromatic carbocycles. The van der Waals surface area contributed by atoms with Gasteiger partial charge >= 0.3 is 13.6 Å². The maximum atomic E-state index is 13.2. The average molecular weight is 434 g/mol. The van der Waals surface area contributed by atoms with E-state index in [1.807, 2.05) is 6.07 Å². The monoisotopic (exact) mass is 434 g/mol. The third kappa shape index (κ3) is 5.02. The number of carbonyl (C=O) groups is 2. The lowest BCUT2D eigenvalue weighted by Crippen LogP contribution is -2.68. The van der Waals surface area contributed by atoms with Crippen LogP contribution in [0.2, 0.25) is 0 Å². The van der Waals surface area contributed by atoms with Crippen LogP contribution >= 0.6 is 7.60 Å². The Hall–Kier alpha value is -2.82. The van der Waals surface area contributed by atoms with Gasteiger partial charge in [0.15, 0.2) is 0 Å². The van der Waals surface area contributed by atoms with Crippen molar-refractivity contribution in [1.29, 1.82) is 0 Å². The molecule has 1 saturated heterocycles. The maximum Gasteiger partial charge on any atom is 0.364 e. The molecule has 11 heteroatoms. The molecule has 0 aliphatic carbocycles. The fourth-order valence-corrected chi connectivity index (χ4v) is 4.21. The molecule has 10 nitrogen and oxygen atoms in total. The van der Waals surface area contributed by atoms with Gasteiger partial charge < -0.3 is 18.7 Å². The zero-order chi connectivity index (χ0) is 22.5. The molecule has 1 aliphatic heterocycles. The van der Waals surface area contributed by atoms with Gasteiger partial charge in [0.2, 0.25) is 11.7 Å². The van der Waals surface area contributed by atoms with E-state index < -0.39 is 42.9 Å². The van der Waals surface area contributed by atoms with Crippen molar-refractivity contribution >= 4 is 19.5 Å². The molecule has 1 fully saturated rings. The summed E-state index contributed by atoms with van der Waals surface area (Å²) in [6.07, 6.45) is 0. The minimum Gasteiger partial charge on any atom is -0.458 e. The van der Waals surface area contributed by atoms with Crippen LogP contribution in [0.3, 0.4) is 0 Å². The summed E-state index contributed by atoms with van der Waals surface area (Å²) in [7, 11) is -1.95. The van der Waals surface area contributed by atoms with E-state index in [9.17, 15) is 14.2 Å². The van der Waals surface area contributed by atoms with Gasteiger partial charge in [-0.2, -0.15) is 0 Å². The lowest BCUT2D eigenvalue weighted by molar-refractivity contribution is -0.168. The highest BCUT2D eigenvalue weighted by atomic mass is 31.2. The lowest BCUT2D eigenvalue weighted by Gasteiger charge is -2.46. The number of β-lactam (4-membered cyclic amide) rings is 1. The topological polar surface area (TPSA) is 131 Å². The second-order valence-corrected chi connectivity index (χ2v) is 9.59. The predicted molar refractivity (Wildman–Crippen MR) is 108 cm³/mol. The summed E-state index contributed by atoms with van der Waals surface area (Å²) in [5, 5.41) is 3.47. The molecule has 1 unspecified atom stereocenters. The molecule has 0 saturated carbocycles. The Bertz CT molecular complexity index is 951. The molecule has 1 aromatic rings. The molecule has 0 N–H and O–H groups in total. The molecular weight excluding hydrogens is 411 g/mol. The normalized spacial score (nSPS) is 19.6. The van der Waals surface area contributed by atoms with Crippen LogP contribution in [-0.4, -0.2) is 54.5 Å². The highest BCUT2D eigenvalue weighted by Crippen LogP contribution is 2.55. The van der Waals surface area contributed by atoms with Crippen LogP contribution in [0.15, 0.2) is 35.4 Å². The van der Waals surface area contributed by atoms with Gasteiger partial charge in [0, 0.05) is 24.7 Å². The zero-order valence-corrected chi connectivity index (χ0v) is 18.2. The third-order valence-electron chi connectivity index (χ3n) is 4.11. The van der Waals surface area contributed by atoms with E-state index in [-0.39, 0.29) is 0 Å². The molecule has 3 atom stereocenters. The number of nitrogens with zero attached hydrogens (tertiary/aromatic N) is 4. The Morgan fingerprint density at radius 1 is 1.27 bits per heavy atom. The number of carbonyl (C=O) groups excluding carboxylic acids is 2. The fraction of sp³-hybridized carbons (Fsp3) is 0.474. The van der Waals surface area contributed by atoms with Gasteiger partial charge in [-0.25, -0.2) is 4.79 Å². The minimum absolute atomic E-state index is 0.645. The number of esters is 1. The Kier molecular flexibility index (Phi) is 7.30. The molecule has 1 heterocycles. The van der Waals surface area contributed by atoms with Gasteiger partial charge in [-0.05, 0) is 38.4 Å². The summed E-state index contributed by atoms with van der Waals surface area (Å²) in [5.74, 6) is 2.27. The molecule has 1 amide bonds. The summed E-state index contributed by atoms with van der Waals surface area (Å²) in [4.78, 5) is 29.2. The number of hydrogen-bond donors (Lipinski definition) is 0. The summed E-state index contributed by atoms with van der Waals surface area (Å²) in [6.45, 7) is 4.87. The van der Waals surface area contributed by atoms with Crippen molar-refractivity contribution in [3.63, 3.8) is 0 Å². The van der Waals surface area contributed by atoms with E-state index in [0.29, 0.717) is 5.56 Å². The van der Waals surface area contributed by atoms with Gasteiger partial charge in [0.25, 0.3) is 0 Å². The van der Waals surface area contributed by atoms with Gasteiger partial charge in [0.1, 0.15) is 17.7 Å². The second kappa shape index (κ2) is 9.33. The summed E-state index contributed by atoms with van der Waals surface area (Å²) in [5.41, 5.74) is 8.52. The second-order valence-electron chi connectivity index (χ2n) is 7.29. The molecule has 0 bridgehead atoms. The van der Waals surface area contributed by atoms with Gasteiger partial charge in [0.05, 0.1) is 0 Å². The number of amides is 1. The number of ether oxygens (including phenoxy) is 1. The van der Waals surface area contributed by atoms with Crippen molar-refractivity contribution in [3.05, 3.63) is 46.3 Å². The molecule has 1 aliphatic rings. The van der Waals surface area contributed by atoms with E-state index >= 15 is 0 Å². The molecule has 160 valence electrons. The lowest BCUT2D eigenvalue weighted by atomic mass is 9.95. The molecule has 0 spiro atoms. The molecular formula is C19H23N4O6P. The highest BCUT2D eigenvalue weighted by molar-refractivity contribution is 7.55. The molecule has 0 radical (unpaired) electrons. The number of hydrogen-bond acceptors (Lipinski definition) is 7. The van der Waals surface area contributed by atoms with Crippen molar-refractivity contribution < 1.29 is 27.9 Å². The Morgan fingerprint density at radius 2 is 1.87 bits per heavy atom. The molecule has 30 heavy (non-hydrogen) atoms.